The van der Waals surface area contributed by atoms with Gasteiger partial charge >= 0.3 is 0 Å². The molecular formula is C18H23FN4O2. The average Bonchev–Trinajstić information content (AvgIpc) is 3.06. The van der Waals surface area contributed by atoms with Gasteiger partial charge < -0.3 is 10.0 Å². The van der Waals surface area contributed by atoms with Crippen molar-refractivity contribution in [1.82, 2.24) is 19.6 Å². The minimum Gasteiger partial charge on any atom is -0.395 e. The summed E-state index contributed by atoms with van der Waals surface area (Å²) in [5.41, 5.74) is 2.17. The molecule has 1 aromatic carbocycles. The fourth-order valence-electron chi connectivity index (χ4n) is 3.18. The van der Waals surface area contributed by atoms with Gasteiger partial charge in [0.05, 0.1) is 29.7 Å². The van der Waals surface area contributed by atoms with Gasteiger partial charge in [0.1, 0.15) is 5.82 Å². The number of aromatic nitrogens is 2. The minimum atomic E-state index is -0.300. The van der Waals surface area contributed by atoms with Crippen molar-refractivity contribution < 1.29 is 14.3 Å². The first kappa shape index (κ1) is 17.6. The largest absolute Gasteiger partial charge is 0.395 e. The number of hydrogen-bond donors (Lipinski definition) is 1. The summed E-state index contributed by atoms with van der Waals surface area (Å²) in [5.74, 6) is -0.320. The summed E-state index contributed by atoms with van der Waals surface area (Å²) in [5, 5.41) is 13.4. The summed E-state index contributed by atoms with van der Waals surface area (Å²) in [4.78, 5) is 16.9. The Morgan fingerprint density at radius 3 is 2.48 bits per heavy atom. The molecule has 6 nitrogen and oxygen atoms in total. The summed E-state index contributed by atoms with van der Waals surface area (Å²) >= 11 is 0. The van der Waals surface area contributed by atoms with E-state index in [1.54, 1.807) is 23.0 Å². The Labute approximate surface area is 146 Å². The summed E-state index contributed by atoms with van der Waals surface area (Å²) < 4.78 is 14.8. The lowest BCUT2D eigenvalue weighted by molar-refractivity contribution is 0.0614. The second-order valence-electron chi connectivity index (χ2n) is 6.10. The second-order valence-corrected chi connectivity index (χ2v) is 6.10. The molecule has 1 N–H and O–H groups in total. The Hall–Kier alpha value is -2.25. The highest BCUT2D eigenvalue weighted by Crippen LogP contribution is 2.18. The maximum absolute atomic E-state index is 13.1. The van der Waals surface area contributed by atoms with E-state index in [2.05, 4.69) is 10.00 Å². The zero-order chi connectivity index (χ0) is 17.8. The third-order valence-corrected chi connectivity index (χ3v) is 4.58. The molecule has 2 aromatic rings. The molecule has 25 heavy (non-hydrogen) atoms. The topological polar surface area (TPSA) is 61.6 Å². The second kappa shape index (κ2) is 7.76. The van der Waals surface area contributed by atoms with Gasteiger partial charge in [-0.05, 0) is 30.7 Å². The Morgan fingerprint density at radius 2 is 1.88 bits per heavy atom. The van der Waals surface area contributed by atoms with E-state index < -0.39 is 0 Å². The van der Waals surface area contributed by atoms with Crippen LogP contribution in [0.5, 0.6) is 0 Å². The molecule has 1 aliphatic rings. The van der Waals surface area contributed by atoms with Crippen LogP contribution in [-0.4, -0.2) is 69.9 Å². The highest BCUT2D eigenvalue weighted by molar-refractivity contribution is 5.95. The molecule has 0 saturated carbocycles. The van der Waals surface area contributed by atoms with E-state index >= 15 is 0 Å². The highest BCUT2D eigenvalue weighted by atomic mass is 19.1. The van der Waals surface area contributed by atoms with E-state index in [-0.39, 0.29) is 18.3 Å². The van der Waals surface area contributed by atoms with E-state index in [0.29, 0.717) is 31.6 Å². The average molecular weight is 346 g/mol. The van der Waals surface area contributed by atoms with Crippen molar-refractivity contribution in [3.05, 3.63) is 47.5 Å². The van der Waals surface area contributed by atoms with Gasteiger partial charge in [0.25, 0.3) is 5.91 Å². The third-order valence-electron chi connectivity index (χ3n) is 4.58. The molecule has 0 unspecified atom stereocenters. The van der Waals surface area contributed by atoms with Gasteiger partial charge in [-0.15, -0.1) is 0 Å². The van der Waals surface area contributed by atoms with Crippen LogP contribution in [-0.2, 0) is 6.42 Å². The number of piperazine rings is 1. The predicted molar refractivity (Wildman–Crippen MR) is 92.3 cm³/mol. The summed E-state index contributed by atoms with van der Waals surface area (Å²) in [7, 11) is 0. The van der Waals surface area contributed by atoms with Crippen molar-refractivity contribution >= 4 is 5.91 Å². The maximum Gasteiger partial charge on any atom is 0.257 e. The van der Waals surface area contributed by atoms with Crippen molar-refractivity contribution in [2.75, 3.05) is 39.3 Å². The van der Waals surface area contributed by atoms with E-state index in [1.165, 1.54) is 12.1 Å². The van der Waals surface area contributed by atoms with Crippen LogP contribution in [0.2, 0.25) is 0 Å². The smallest absolute Gasteiger partial charge is 0.257 e. The van der Waals surface area contributed by atoms with Crippen LogP contribution >= 0.6 is 0 Å². The van der Waals surface area contributed by atoms with Crippen molar-refractivity contribution in [3.8, 4) is 5.69 Å². The van der Waals surface area contributed by atoms with E-state index in [1.807, 2.05) is 11.8 Å². The predicted octanol–water partition coefficient (Wildman–Crippen LogP) is 1.32. The molecular weight excluding hydrogens is 323 g/mol. The number of carbonyl (C=O) groups is 1. The maximum atomic E-state index is 13.1. The number of aliphatic hydroxyl groups excluding tert-OH is 1. The quantitative estimate of drug-likeness (QED) is 0.887. The molecule has 0 aliphatic carbocycles. The molecule has 134 valence electrons. The molecule has 1 saturated heterocycles. The summed E-state index contributed by atoms with van der Waals surface area (Å²) in [6.45, 7) is 5.57. The molecule has 1 amide bonds. The van der Waals surface area contributed by atoms with Crippen LogP contribution in [0, 0.1) is 5.82 Å². The SMILES string of the molecule is CCc1c(C(=O)N2CCN(CCO)CC2)cnn1-c1ccc(F)cc1. The molecule has 1 aromatic heterocycles. The minimum absolute atomic E-state index is 0.0196. The Kier molecular flexibility index (Phi) is 5.45. The van der Waals surface area contributed by atoms with Crippen molar-refractivity contribution in [1.29, 1.82) is 0 Å². The molecule has 0 bridgehead atoms. The van der Waals surface area contributed by atoms with Crippen LogP contribution < -0.4 is 0 Å². The van der Waals surface area contributed by atoms with Crippen molar-refractivity contribution in [2.24, 2.45) is 0 Å². The highest BCUT2D eigenvalue weighted by Gasteiger charge is 2.25. The first-order valence-electron chi connectivity index (χ1n) is 8.59. The standard InChI is InChI=1S/C18H23FN4O2/c1-2-17-16(13-20-23(17)15-5-3-14(19)4-6-15)18(25)22-9-7-21(8-10-22)11-12-24/h3-6,13,24H,2,7-12H2,1H3. The summed E-state index contributed by atoms with van der Waals surface area (Å²) in [6.07, 6.45) is 2.26. The Balaban J connectivity index is 1.79. The van der Waals surface area contributed by atoms with Gasteiger partial charge in [-0.1, -0.05) is 6.92 Å². The normalized spacial score (nSPS) is 15.6. The van der Waals surface area contributed by atoms with Gasteiger partial charge in [-0.3, -0.25) is 9.69 Å². The van der Waals surface area contributed by atoms with E-state index in [9.17, 15) is 9.18 Å². The van der Waals surface area contributed by atoms with Gasteiger partial charge in [0, 0.05) is 32.7 Å². The number of aliphatic hydroxyl groups is 1. The summed E-state index contributed by atoms with van der Waals surface area (Å²) in [6, 6.07) is 6.09. The molecule has 3 rings (SSSR count). The monoisotopic (exact) mass is 346 g/mol. The number of halogens is 1. The van der Waals surface area contributed by atoms with Crippen LogP contribution in [0.1, 0.15) is 23.0 Å². The van der Waals surface area contributed by atoms with Crippen molar-refractivity contribution in [3.63, 3.8) is 0 Å². The fraction of sp³-hybridized carbons (Fsp3) is 0.444. The number of rotatable bonds is 5. The molecule has 7 heteroatoms. The van der Waals surface area contributed by atoms with Crippen LogP contribution in [0.3, 0.4) is 0 Å². The lowest BCUT2D eigenvalue weighted by Crippen LogP contribution is -2.49. The van der Waals surface area contributed by atoms with Crippen molar-refractivity contribution in [2.45, 2.75) is 13.3 Å². The van der Waals surface area contributed by atoms with E-state index in [0.717, 1.165) is 24.5 Å². The number of β-amino-alcohol motifs (C(OH)–C–C–N with tert-alkyl or cyclic N) is 1. The zero-order valence-electron chi connectivity index (χ0n) is 14.4. The molecule has 0 spiro atoms. The van der Waals surface area contributed by atoms with Crippen LogP contribution in [0.25, 0.3) is 5.69 Å². The number of benzene rings is 1. The van der Waals surface area contributed by atoms with Gasteiger partial charge in [-0.25, -0.2) is 9.07 Å². The first-order valence-corrected chi connectivity index (χ1v) is 8.59. The number of amides is 1. The van der Waals surface area contributed by atoms with E-state index in [4.69, 9.17) is 5.11 Å². The third kappa shape index (κ3) is 3.72. The molecule has 0 radical (unpaired) electrons. The van der Waals surface area contributed by atoms with Gasteiger partial charge in [0.2, 0.25) is 0 Å². The number of hydrogen-bond acceptors (Lipinski definition) is 4. The Bertz CT molecular complexity index is 721. The van der Waals surface area contributed by atoms with Gasteiger partial charge in [-0.2, -0.15) is 5.10 Å². The molecule has 1 fully saturated rings. The first-order chi connectivity index (χ1) is 12.1. The number of carbonyl (C=O) groups excluding carboxylic acids is 1. The van der Waals surface area contributed by atoms with Crippen LogP contribution in [0.15, 0.2) is 30.5 Å². The molecule has 2 heterocycles. The lowest BCUT2D eigenvalue weighted by atomic mass is 10.1. The molecule has 1 aliphatic heterocycles. The van der Waals surface area contributed by atoms with Crippen LogP contribution in [0.4, 0.5) is 4.39 Å². The fourth-order valence-corrected chi connectivity index (χ4v) is 3.18. The number of nitrogens with zero attached hydrogens (tertiary/aromatic N) is 4. The lowest BCUT2D eigenvalue weighted by Gasteiger charge is -2.34. The Morgan fingerprint density at radius 1 is 1.20 bits per heavy atom. The molecule has 0 atom stereocenters. The zero-order valence-corrected chi connectivity index (χ0v) is 14.4. The van der Waals surface area contributed by atoms with Gasteiger partial charge in [0.15, 0.2) is 0 Å².